The van der Waals surface area contributed by atoms with Gasteiger partial charge in [0.2, 0.25) is 0 Å². The van der Waals surface area contributed by atoms with Crippen LogP contribution >= 0.6 is 0 Å². The molecule has 3 heteroatoms. The molecule has 2 aliphatic rings. The SMILES string of the molecule is OC1CO[C@@H]2C=CO[C@H]12. The van der Waals surface area contributed by atoms with Crippen LogP contribution in [0.1, 0.15) is 0 Å². The number of rotatable bonds is 0. The third kappa shape index (κ3) is 0.653. The van der Waals surface area contributed by atoms with Crippen LogP contribution in [0.4, 0.5) is 0 Å². The van der Waals surface area contributed by atoms with Gasteiger partial charge in [-0.05, 0) is 6.08 Å². The Morgan fingerprint density at radius 2 is 2.44 bits per heavy atom. The zero-order valence-corrected chi connectivity index (χ0v) is 4.86. The van der Waals surface area contributed by atoms with E-state index in [1.807, 2.05) is 6.08 Å². The summed E-state index contributed by atoms with van der Waals surface area (Å²) >= 11 is 0. The molecule has 50 valence electrons. The molecule has 0 radical (unpaired) electrons. The van der Waals surface area contributed by atoms with Gasteiger partial charge < -0.3 is 14.6 Å². The molecule has 2 heterocycles. The predicted octanol–water partition coefficient (Wildman–Crippen LogP) is -0.341. The van der Waals surface area contributed by atoms with Crippen LogP contribution in [0, 0.1) is 0 Å². The van der Waals surface area contributed by atoms with E-state index in [0.29, 0.717) is 6.61 Å². The monoisotopic (exact) mass is 128 g/mol. The van der Waals surface area contributed by atoms with Crippen LogP contribution in [0.25, 0.3) is 0 Å². The summed E-state index contributed by atoms with van der Waals surface area (Å²) in [5, 5.41) is 9.11. The average molecular weight is 128 g/mol. The third-order valence-corrected chi connectivity index (χ3v) is 1.67. The lowest BCUT2D eigenvalue weighted by molar-refractivity contribution is 0.0466. The van der Waals surface area contributed by atoms with Gasteiger partial charge in [0, 0.05) is 0 Å². The Morgan fingerprint density at radius 1 is 1.56 bits per heavy atom. The van der Waals surface area contributed by atoms with Crippen molar-refractivity contribution in [2.45, 2.75) is 18.3 Å². The number of aliphatic hydroxyl groups excluding tert-OH is 1. The van der Waals surface area contributed by atoms with E-state index in [4.69, 9.17) is 14.6 Å². The largest absolute Gasteiger partial charge is 0.492 e. The van der Waals surface area contributed by atoms with Crippen molar-refractivity contribution in [3.05, 3.63) is 12.3 Å². The molecular weight excluding hydrogens is 120 g/mol. The molecule has 0 aliphatic carbocycles. The van der Waals surface area contributed by atoms with Gasteiger partial charge in [0.25, 0.3) is 0 Å². The highest BCUT2D eigenvalue weighted by Crippen LogP contribution is 2.23. The van der Waals surface area contributed by atoms with Gasteiger partial charge in [0.15, 0.2) is 6.10 Å². The Balaban J connectivity index is 2.13. The van der Waals surface area contributed by atoms with Gasteiger partial charge >= 0.3 is 0 Å². The second-order valence-electron chi connectivity index (χ2n) is 2.29. The molecule has 3 atom stereocenters. The van der Waals surface area contributed by atoms with E-state index in [1.54, 1.807) is 6.26 Å². The van der Waals surface area contributed by atoms with E-state index >= 15 is 0 Å². The lowest BCUT2D eigenvalue weighted by atomic mass is 10.2. The van der Waals surface area contributed by atoms with Crippen molar-refractivity contribution in [1.82, 2.24) is 0 Å². The lowest BCUT2D eigenvalue weighted by Gasteiger charge is -2.09. The molecule has 0 amide bonds. The predicted molar refractivity (Wildman–Crippen MR) is 29.8 cm³/mol. The van der Waals surface area contributed by atoms with Gasteiger partial charge in [-0.3, -0.25) is 0 Å². The van der Waals surface area contributed by atoms with Gasteiger partial charge in [0.1, 0.15) is 12.2 Å². The van der Waals surface area contributed by atoms with Crippen molar-refractivity contribution in [3.8, 4) is 0 Å². The maximum Gasteiger partial charge on any atom is 0.155 e. The standard InChI is InChI=1S/C6H8O3/c7-4-3-9-5-1-2-8-6(4)5/h1-2,4-7H,3H2/t4?,5-,6-/m1/s1. The van der Waals surface area contributed by atoms with Crippen molar-refractivity contribution in [2.75, 3.05) is 6.61 Å². The van der Waals surface area contributed by atoms with Crippen LogP contribution in [0.3, 0.4) is 0 Å². The summed E-state index contributed by atoms with van der Waals surface area (Å²) in [6.07, 6.45) is 2.83. The van der Waals surface area contributed by atoms with E-state index in [1.165, 1.54) is 0 Å². The van der Waals surface area contributed by atoms with Crippen molar-refractivity contribution in [1.29, 1.82) is 0 Å². The smallest absolute Gasteiger partial charge is 0.155 e. The maximum absolute atomic E-state index is 9.11. The highest BCUT2D eigenvalue weighted by Gasteiger charge is 2.38. The maximum atomic E-state index is 9.11. The number of hydrogen-bond donors (Lipinski definition) is 1. The zero-order chi connectivity index (χ0) is 6.27. The Hall–Kier alpha value is -0.540. The molecule has 0 spiro atoms. The molecule has 9 heavy (non-hydrogen) atoms. The molecule has 0 aromatic carbocycles. The van der Waals surface area contributed by atoms with Gasteiger partial charge in [-0.25, -0.2) is 0 Å². The van der Waals surface area contributed by atoms with E-state index in [2.05, 4.69) is 0 Å². The highest BCUT2D eigenvalue weighted by molar-refractivity contribution is 5.03. The first-order valence-electron chi connectivity index (χ1n) is 3.00. The third-order valence-electron chi connectivity index (χ3n) is 1.67. The number of aliphatic hydroxyl groups is 1. The van der Waals surface area contributed by atoms with E-state index in [-0.39, 0.29) is 12.2 Å². The van der Waals surface area contributed by atoms with Crippen molar-refractivity contribution in [3.63, 3.8) is 0 Å². The summed E-state index contributed by atoms with van der Waals surface area (Å²) in [5.74, 6) is 0. The summed E-state index contributed by atoms with van der Waals surface area (Å²) < 4.78 is 10.2. The minimum Gasteiger partial charge on any atom is -0.492 e. The molecule has 2 rings (SSSR count). The van der Waals surface area contributed by atoms with Crippen LogP contribution in [-0.2, 0) is 9.47 Å². The molecule has 1 fully saturated rings. The Kier molecular flexibility index (Phi) is 1.00. The first-order valence-corrected chi connectivity index (χ1v) is 3.00. The summed E-state index contributed by atoms with van der Waals surface area (Å²) in [6, 6.07) is 0. The number of hydrogen-bond acceptors (Lipinski definition) is 3. The van der Waals surface area contributed by atoms with Crippen LogP contribution in [-0.4, -0.2) is 30.0 Å². The first kappa shape index (κ1) is 5.26. The minimum atomic E-state index is -0.440. The molecule has 1 N–H and O–H groups in total. The molecule has 0 aromatic rings. The first-order chi connectivity index (χ1) is 4.38. The fourth-order valence-electron chi connectivity index (χ4n) is 1.17. The van der Waals surface area contributed by atoms with Crippen molar-refractivity contribution in [2.24, 2.45) is 0 Å². The van der Waals surface area contributed by atoms with Crippen molar-refractivity contribution < 1.29 is 14.6 Å². The van der Waals surface area contributed by atoms with Crippen LogP contribution in [0.15, 0.2) is 12.3 Å². The molecule has 3 nitrogen and oxygen atoms in total. The average Bonchev–Trinajstić information content (AvgIpc) is 2.35. The summed E-state index contributed by atoms with van der Waals surface area (Å²) in [7, 11) is 0. The molecule has 0 aromatic heterocycles. The van der Waals surface area contributed by atoms with Crippen LogP contribution in [0.5, 0.6) is 0 Å². The van der Waals surface area contributed by atoms with Gasteiger partial charge in [-0.2, -0.15) is 0 Å². The zero-order valence-electron chi connectivity index (χ0n) is 4.86. The molecule has 1 unspecified atom stereocenters. The number of ether oxygens (including phenoxy) is 2. The molecule has 0 bridgehead atoms. The van der Waals surface area contributed by atoms with Gasteiger partial charge in [0.05, 0.1) is 12.9 Å². The van der Waals surface area contributed by atoms with E-state index < -0.39 is 6.10 Å². The fourth-order valence-corrected chi connectivity index (χ4v) is 1.17. The highest BCUT2D eigenvalue weighted by atomic mass is 16.6. The summed E-state index contributed by atoms with van der Waals surface area (Å²) in [4.78, 5) is 0. The molecule has 0 saturated carbocycles. The molecular formula is C6H8O3. The second kappa shape index (κ2) is 1.72. The van der Waals surface area contributed by atoms with E-state index in [9.17, 15) is 0 Å². The van der Waals surface area contributed by atoms with Crippen LogP contribution < -0.4 is 0 Å². The number of fused-ring (bicyclic) bond motifs is 1. The Morgan fingerprint density at radius 3 is 3.22 bits per heavy atom. The Labute approximate surface area is 52.9 Å². The minimum absolute atomic E-state index is 0.000000000000000222. The molecule has 2 aliphatic heterocycles. The summed E-state index contributed by atoms with van der Waals surface area (Å²) in [6.45, 7) is 0.402. The van der Waals surface area contributed by atoms with Crippen LogP contribution in [0.2, 0.25) is 0 Å². The van der Waals surface area contributed by atoms with Gasteiger partial charge in [-0.1, -0.05) is 0 Å². The normalized spacial score (nSPS) is 47.0. The van der Waals surface area contributed by atoms with Gasteiger partial charge in [-0.15, -0.1) is 0 Å². The lowest BCUT2D eigenvalue weighted by Crippen LogP contribution is -2.26. The second-order valence-corrected chi connectivity index (χ2v) is 2.29. The Bertz CT molecular complexity index is 143. The quantitative estimate of drug-likeness (QED) is 0.485. The van der Waals surface area contributed by atoms with E-state index in [0.717, 1.165) is 0 Å². The molecule has 1 saturated heterocycles. The van der Waals surface area contributed by atoms with Crippen molar-refractivity contribution >= 4 is 0 Å². The fraction of sp³-hybridized carbons (Fsp3) is 0.667. The topological polar surface area (TPSA) is 38.7 Å². The summed E-state index contributed by atoms with van der Waals surface area (Å²) in [5.41, 5.74) is 0.